The van der Waals surface area contributed by atoms with Gasteiger partial charge in [-0.1, -0.05) is 48.5 Å². The first-order valence-electron chi connectivity index (χ1n) is 8.95. The Morgan fingerprint density at radius 1 is 0.750 bits per heavy atom. The van der Waals surface area contributed by atoms with Crippen molar-refractivity contribution in [1.29, 1.82) is 0 Å². The molecule has 0 N–H and O–H groups in total. The van der Waals surface area contributed by atoms with Gasteiger partial charge in [0.05, 0.1) is 7.11 Å². The Morgan fingerprint density at radius 2 is 1.33 bits per heavy atom. The first kappa shape index (κ1) is 17.0. The molecule has 0 unspecified atom stereocenters. The molecule has 0 aliphatic carbocycles. The fourth-order valence-electron chi connectivity index (χ4n) is 3.36. The van der Waals surface area contributed by atoms with E-state index in [1.54, 1.807) is 7.11 Å². The summed E-state index contributed by atoms with van der Waals surface area (Å²) in [7, 11) is 1.75. The predicted octanol–water partition coefficient (Wildman–Crippen LogP) is 3.10. The minimum atomic E-state index is 1.01. The molecule has 0 bridgehead atoms. The Kier molecular flexibility index (Phi) is 6.27. The maximum Gasteiger partial charge on any atom is 0.122 e. The lowest BCUT2D eigenvalue weighted by atomic mass is 10.1. The lowest BCUT2D eigenvalue weighted by Crippen LogP contribution is -2.47. The van der Waals surface area contributed by atoms with Crippen molar-refractivity contribution in [3.63, 3.8) is 0 Å². The van der Waals surface area contributed by atoms with Gasteiger partial charge >= 0.3 is 0 Å². The number of hydrogen-bond acceptors (Lipinski definition) is 3. The summed E-state index contributed by atoms with van der Waals surface area (Å²) < 4.78 is 5.45. The second-order valence-corrected chi connectivity index (χ2v) is 6.48. The van der Waals surface area contributed by atoms with Gasteiger partial charge in [0.25, 0.3) is 0 Å². The van der Waals surface area contributed by atoms with Crippen molar-refractivity contribution in [3.8, 4) is 5.75 Å². The van der Waals surface area contributed by atoms with Crippen LogP contribution >= 0.6 is 0 Å². The Morgan fingerprint density at radius 3 is 2.00 bits per heavy atom. The van der Waals surface area contributed by atoms with Crippen LogP contribution < -0.4 is 4.74 Å². The molecule has 1 fully saturated rings. The number of ether oxygens (including phenoxy) is 1. The minimum absolute atomic E-state index is 1.01. The molecule has 0 saturated carbocycles. The van der Waals surface area contributed by atoms with E-state index in [-0.39, 0.29) is 0 Å². The Labute approximate surface area is 145 Å². The van der Waals surface area contributed by atoms with Crippen LogP contribution in [0.3, 0.4) is 0 Å². The monoisotopic (exact) mass is 324 g/mol. The van der Waals surface area contributed by atoms with Crippen molar-refractivity contribution < 1.29 is 4.74 Å². The van der Waals surface area contributed by atoms with E-state index in [4.69, 9.17) is 4.74 Å². The topological polar surface area (TPSA) is 15.7 Å². The second-order valence-electron chi connectivity index (χ2n) is 6.48. The molecule has 0 aromatic heterocycles. The highest BCUT2D eigenvalue weighted by Crippen LogP contribution is 2.18. The second kappa shape index (κ2) is 8.86. The smallest absolute Gasteiger partial charge is 0.122 e. The van der Waals surface area contributed by atoms with Crippen LogP contribution in [-0.4, -0.2) is 56.2 Å². The molecule has 0 atom stereocenters. The molecular formula is C21H28N2O. The van der Waals surface area contributed by atoms with Crippen molar-refractivity contribution in [2.45, 2.75) is 12.8 Å². The van der Waals surface area contributed by atoms with Crippen molar-refractivity contribution in [1.82, 2.24) is 9.80 Å². The molecule has 2 aromatic carbocycles. The van der Waals surface area contributed by atoms with Crippen LogP contribution in [0.1, 0.15) is 11.1 Å². The minimum Gasteiger partial charge on any atom is -0.496 e. The third-order valence-electron chi connectivity index (χ3n) is 4.91. The third kappa shape index (κ3) is 4.83. The van der Waals surface area contributed by atoms with E-state index in [2.05, 4.69) is 58.3 Å². The summed E-state index contributed by atoms with van der Waals surface area (Å²) >= 11 is 0. The van der Waals surface area contributed by atoms with Crippen molar-refractivity contribution in [2.24, 2.45) is 0 Å². The van der Waals surface area contributed by atoms with E-state index in [1.807, 2.05) is 6.07 Å². The van der Waals surface area contributed by atoms with Crippen LogP contribution in [-0.2, 0) is 12.8 Å². The maximum atomic E-state index is 5.45. The summed E-state index contributed by atoms with van der Waals surface area (Å²) in [5.74, 6) is 1.01. The Balaban J connectivity index is 1.39. The molecule has 1 heterocycles. The Bertz CT molecular complexity index is 606. The number of methoxy groups -OCH3 is 1. The fraction of sp³-hybridized carbons (Fsp3) is 0.429. The van der Waals surface area contributed by atoms with Gasteiger partial charge in [-0.25, -0.2) is 0 Å². The standard InChI is InChI=1S/C21H28N2O/c1-24-21-10-6-5-9-20(21)12-14-23-17-15-22(16-18-23)13-11-19-7-3-2-4-8-19/h2-10H,11-18H2,1H3. The number of para-hydroxylation sites is 1. The van der Waals surface area contributed by atoms with Gasteiger partial charge in [-0.05, 0) is 30.0 Å². The van der Waals surface area contributed by atoms with Crippen LogP contribution in [0.25, 0.3) is 0 Å². The van der Waals surface area contributed by atoms with Crippen molar-refractivity contribution in [3.05, 3.63) is 65.7 Å². The lowest BCUT2D eigenvalue weighted by molar-refractivity contribution is 0.134. The zero-order valence-electron chi connectivity index (χ0n) is 14.7. The molecule has 1 saturated heterocycles. The summed E-state index contributed by atoms with van der Waals surface area (Å²) in [5.41, 5.74) is 2.75. The summed E-state index contributed by atoms with van der Waals surface area (Å²) in [6, 6.07) is 19.2. The largest absolute Gasteiger partial charge is 0.496 e. The molecule has 0 amide bonds. The highest BCUT2D eigenvalue weighted by molar-refractivity contribution is 5.33. The number of piperazine rings is 1. The van der Waals surface area contributed by atoms with E-state index >= 15 is 0 Å². The van der Waals surface area contributed by atoms with Gasteiger partial charge in [-0.3, -0.25) is 0 Å². The molecular weight excluding hydrogens is 296 g/mol. The summed E-state index contributed by atoms with van der Waals surface area (Å²) in [4.78, 5) is 5.16. The van der Waals surface area contributed by atoms with Crippen LogP contribution in [0.15, 0.2) is 54.6 Å². The zero-order valence-corrected chi connectivity index (χ0v) is 14.7. The molecule has 1 aliphatic rings. The van der Waals surface area contributed by atoms with Crippen LogP contribution in [0.4, 0.5) is 0 Å². The van der Waals surface area contributed by atoms with Gasteiger partial charge in [0.2, 0.25) is 0 Å². The molecule has 3 rings (SSSR count). The quantitative estimate of drug-likeness (QED) is 0.778. The van der Waals surface area contributed by atoms with E-state index in [0.29, 0.717) is 0 Å². The van der Waals surface area contributed by atoms with E-state index < -0.39 is 0 Å². The molecule has 0 spiro atoms. The summed E-state index contributed by atoms with van der Waals surface area (Å²) in [6.07, 6.45) is 2.22. The van der Waals surface area contributed by atoms with Gasteiger partial charge in [0.1, 0.15) is 5.75 Å². The van der Waals surface area contributed by atoms with E-state index in [0.717, 1.165) is 25.1 Å². The van der Waals surface area contributed by atoms with E-state index in [9.17, 15) is 0 Å². The Hall–Kier alpha value is -1.84. The molecule has 24 heavy (non-hydrogen) atoms. The average molecular weight is 324 g/mol. The molecule has 2 aromatic rings. The normalized spacial score (nSPS) is 16.2. The first-order chi connectivity index (χ1) is 11.8. The predicted molar refractivity (Wildman–Crippen MR) is 99.7 cm³/mol. The molecule has 1 aliphatic heterocycles. The first-order valence-corrected chi connectivity index (χ1v) is 8.95. The average Bonchev–Trinajstić information content (AvgIpc) is 2.66. The number of benzene rings is 2. The van der Waals surface area contributed by atoms with E-state index in [1.165, 1.54) is 43.9 Å². The van der Waals surface area contributed by atoms with Crippen LogP contribution in [0, 0.1) is 0 Å². The molecule has 3 heteroatoms. The summed E-state index contributed by atoms with van der Waals surface area (Å²) in [6.45, 7) is 6.99. The van der Waals surface area contributed by atoms with Crippen molar-refractivity contribution >= 4 is 0 Å². The highest BCUT2D eigenvalue weighted by Gasteiger charge is 2.16. The number of hydrogen-bond donors (Lipinski definition) is 0. The number of rotatable bonds is 7. The number of nitrogens with zero attached hydrogens (tertiary/aromatic N) is 2. The SMILES string of the molecule is COc1ccccc1CCN1CCN(CCc2ccccc2)CC1. The van der Waals surface area contributed by atoms with Gasteiger partial charge < -0.3 is 14.5 Å². The fourth-order valence-corrected chi connectivity index (χ4v) is 3.36. The van der Waals surface area contributed by atoms with Crippen LogP contribution in [0.5, 0.6) is 5.75 Å². The molecule has 0 radical (unpaired) electrons. The van der Waals surface area contributed by atoms with Gasteiger partial charge in [-0.2, -0.15) is 0 Å². The third-order valence-corrected chi connectivity index (χ3v) is 4.91. The lowest BCUT2D eigenvalue weighted by Gasteiger charge is -2.34. The molecule has 3 nitrogen and oxygen atoms in total. The van der Waals surface area contributed by atoms with Crippen molar-refractivity contribution in [2.75, 3.05) is 46.4 Å². The maximum absolute atomic E-state index is 5.45. The van der Waals surface area contributed by atoms with Gasteiger partial charge in [0, 0.05) is 39.3 Å². The zero-order chi connectivity index (χ0) is 16.6. The van der Waals surface area contributed by atoms with Crippen LogP contribution in [0.2, 0.25) is 0 Å². The summed E-state index contributed by atoms with van der Waals surface area (Å²) in [5, 5.41) is 0. The van der Waals surface area contributed by atoms with Gasteiger partial charge in [-0.15, -0.1) is 0 Å². The highest BCUT2D eigenvalue weighted by atomic mass is 16.5. The molecule has 128 valence electrons. The van der Waals surface area contributed by atoms with Gasteiger partial charge in [0.15, 0.2) is 0 Å².